The number of H-pyrrole nitrogens is 1. The Morgan fingerprint density at radius 1 is 1.25 bits per heavy atom. The Balaban J connectivity index is 1.26. The minimum Gasteiger partial charge on any atom is -0.390 e. The van der Waals surface area contributed by atoms with Crippen LogP contribution in [0.25, 0.3) is 5.52 Å². The van der Waals surface area contributed by atoms with Crippen molar-refractivity contribution in [3.63, 3.8) is 0 Å². The number of rotatable bonds is 4. The van der Waals surface area contributed by atoms with Crippen molar-refractivity contribution in [2.45, 2.75) is 56.7 Å². The van der Waals surface area contributed by atoms with Crippen molar-refractivity contribution in [1.29, 1.82) is 0 Å². The molecule has 4 aromatic heterocycles. The van der Waals surface area contributed by atoms with Gasteiger partial charge in [0.05, 0.1) is 35.7 Å². The summed E-state index contributed by atoms with van der Waals surface area (Å²) in [5, 5.41) is 17.8. The molecule has 2 aliphatic rings. The van der Waals surface area contributed by atoms with E-state index in [-0.39, 0.29) is 29.5 Å². The van der Waals surface area contributed by atoms with Gasteiger partial charge in [-0.25, -0.2) is 23.9 Å². The van der Waals surface area contributed by atoms with E-state index in [2.05, 4.69) is 30.4 Å². The first kappa shape index (κ1) is 22.6. The van der Waals surface area contributed by atoms with Crippen molar-refractivity contribution in [1.82, 2.24) is 34.9 Å². The lowest BCUT2D eigenvalue weighted by Gasteiger charge is -2.34. The summed E-state index contributed by atoms with van der Waals surface area (Å²) >= 11 is 0. The minimum absolute atomic E-state index is 0.0132. The first-order chi connectivity index (χ1) is 17.4. The number of carbonyl (C=O) groups is 1. The quantitative estimate of drug-likeness (QED) is 0.402. The summed E-state index contributed by atoms with van der Waals surface area (Å²) in [7, 11) is 0. The second kappa shape index (κ2) is 8.66. The Labute approximate surface area is 206 Å². The number of hydrogen-bond acceptors (Lipinski definition) is 7. The molecule has 1 amide bonds. The standard InChI is InChI=1S/C25H27FN8O2/c1-25(36)7-4-15(5-8-25)31-24(35)19-12-28-21(13-27-19)33-10-6-17-22(30-14-29-17)23(33)18-11-20-16(26)3-2-9-34(20)32-18/h2-3,9,11-15,23,36H,4-8,10H2,1H3,(H,29,30)(H,31,35)/t15?,23-,25?/m1/s1. The SMILES string of the molecule is CC1(O)CCC(NC(=O)c2cnc(N3CCc4[nH]cnc4[C@H]3c3cc4c(F)cccn4n3)cn2)CC1. The van der Waals surface area contributed by atoms with Crippen LogP contribution in [0.3, 0.4) is 0 Å². The second-order valence-electron chi connectivity index (χ2n) is 9.87. The molecule has 11 heteroatoms. The number of halogens is 1. The summed E-state index contributed by atoms with van der Waals surface area (Å²) in [5.74, 6) is -0.0461. The van der Waals surface area contributed by atoms with E-state index < -0.39 is 5.60 Å². The molecular weight excluding hydrogens is 463 g/mol. The summed E-state index contributed by atoms with van der Waals surface area (Å²) in [6, 6.07) is 4.38. The maximum absolute atomic E-state index is 14.4. The summed E-state index contributed by atoms with van der Waals surface area (Å²) in [6.45, 7) is 2.45. The van der Waals surface area contributed by atoms with Crippen LogP contribution in [-0.4, -0.2) is 58.8 Å². The van der Waals surface area contributed by atoms with Gasteiger partial charge in [0.15, 0.2) is 0 Å². The van der Waals surface area contributed by atoms with Crippen LogP contribution >= 0.6 is 0 Å². The molecule has 1 atom stereocenters. The van der Waals surface area contributed by atoms with Gasteiger partial charge in [-0.05, 0) is 50.8 Å². The lowest BCUT2D eigenvalue weighted by molar-refractivity contribution is 0.0140. The Morgan fingerprint density at radius 2 is 2.08 bits per heavy atom. The molecule has 0 bridgehead atoms. The molecule has 1 fully saturated rings. The van der Waals surface area contributed by atoms with Crippen molar-refractivity contribution < 1.29 is 14.3 Å². The van der Waals surface area contributed by atoms with Crippen LogP contribution in [0.15, 0.2) is 43.1 Å². The zero-order chi connectivity index (χ0) is 24.9. The van der Waals surface area contributed by atoms with Crippen molar-refractivity contribution >= 4 is 17.2 Å². The normalized spacial score (nSPS) is 24.0. The number of amides is 1. The third-order valence-electron chi connectivity index (χ3n) is 7.24. The lowest BCUT2D eigenvalue weighted by Crippen LogP contribution is -2.42. The molecule has 3 N–H and O–H groups in total. The van der Waals surface area contributed by atoms with Crippen molar-refractivity contribution in [3.05, 3.63) is 71.7 Å². The molecule has 0 radical (unpaired) electrons. The molecule has 1 aliphatic carbocycles. The molecule has 5 heterocycles. The van der Waals surface area contributed by atoms with Crippen LogP contribution in [0.5, 0.6) is 0 Å². The van der Waals surface area contributed by atoms with Crippen LogP contribution in [0.2, 0.25) is 0 Å². The van der Waals surface area contributed by atoms with Crippen LogP contribution in [0.4, 0.5) is 10.2 Å². The molecule has 0 unspecified atom stereocenters. The predicted molar refractivity (Wildman–Crippen MR) is 129 cm³/mol. The second-order valence-corrected chi connectivity index (χ2v) is 9.87. The lowest BCUT2D eigenvalue weighted by atomic mass is 9.83. The van der Waals surface area contributed by atoms with E-state index in [1.807, 2.05) is 11.8 Å². The topological polar surface area (TPSA) is 124 Å². The fraction of sp³-hybridized carbons (Fsp3) is 0.400. The van der Waals surface area contributed by atoms with Gasteiger partial charge in [0.1, 0.15) is 28.9 Å². The molecule has 10 nitrogen and oxygen atoms in total. The first-order valence-corrected chi connectivity index (χ1v) is 12.2. The van der Waals surface area contributed by atoms with E-state index in [9.17, 15) is 14.3 Å². The number of pyridine rings is 1. The molecule has 4 aromatic rings. The van der Waals surface area contributed by atoms with Crippen LogP contribution < -0.4 is 10.2 Å². The maximum Gasteiger partial charge on any atom is 0.271 e. The highest BCUT2D eigenvalue weighted by molar-refractivity contribution is 5.92. The summed E-state index contributed by atoms with van der Waals surface area (Å²) in [5.41, 5.74) is 2.42. The molecule has 0 aromatic carbocycles. The third kappa shape index (κ3) is 4.09. The van der Waals surface area contributed by atoms with Gasteiger partial charge in [-0.15, -0.1) is 0 Å². The molecule has 1 saturated carbocycles. The maximum atomic E-state index is 14.4. The number of nitrogens with one attached hydrogen (secondary N) is 2. The van der Waals surface area contributed by atoms with Crippen molar-refractivity contribution in [2.75, 3.05) is 11.4 Å². The van der Waals surface area contributed by atoms with E-state index in [0.717, 1.165) is 30.7 Å². The van der Waals surface area contributed by atoms with Crippen LogP contribution in [0, 0.1) is 5.82 Å². The van der Waals surface area contributed by atoms with Crippen molar-refractivity contribution in [3.8, 4) is 0 Å². The summed E-state index contributed by atoms with van der Waals surface area (Å²) < 4.78 is 15.9. The van der Waals surface area contributed by atoms with Gasteiger partial charge in [0, 0.05) is 30.9 Å². The number of carbonyl (C=O) groups excluding carboxylic acids is 1. The molecule has 0 saturated heterocycles. The van der Waals surface area contributed by atoms with Gasteiger partial charge in [-0.3, -0.25) is 4.79 Å². The number of hydrogen-bond donors (Lipinski definition) is 3. The summed E-state index contributed by atoms with van der Waals surface area (Å²) in [6.07, 6.45) is 9.91. The highest BCUT2D eigenvalue weighted by atomic mass is 19.1. The Bertz CT molecular complexity index is 1400. The monoisotopic (exact) mass is 490 g/mol. The van der Waals surface area contributed by atoms with Crippen molar-refractivity contribution in [2.24, 2.45) is 0 Å². The predicted octanol–water partition coefficient (Wildman–Crippen LogP) is 2.56. The Hall–Kier alpha value is -3.86. The molecular formula is C25H27FN8O2. The molecule has 6 rings (SSSR count). The Morgan fingerprint density at radius 3 is 2.83 bits per heavy atom. The fourth-order valence-electron chi connectivity index (χ4n) is 5.19. The van der Waals surface area contributed by atoms with Gasteiger partial charge in [0.25, 0.3) is 5.91 Å². The number of fused-ring (bicyclic) bond motifs is 2. The molecule has 36 heavy (non-hydrogen) atoms. The third-order valence-corrected chi connectivity index (χ3v) is 7.24. The van der Waals surface area contributed by atoms with Crippen LogP contribution in [0.1, 0.15) is 66.2 Å². The molecule has 186 valence electrons. The van der Waals surface area contributed by atoms with Gasteiger partial charge in [0.2, 0.25) is 0 Å². The number of nitrogens with zero attached hydrogens (tertiary/aromatic N) is 6. The first-order valence-electron chi connectivity index (χ1n) is 12.2. The van der Waals surface area contributed by atoms with E-state index in [0.29, 0.717) is 36.4 Å². The fourth-order valence-corrected chi connectivity index (χ4v) is 5.19. The minimum atomic E-state index is -0.658. The van der Waals surface area contributed by atoms with E-state index in [1.54, 1.807) is 30.9 Å². The number of anilines is 1. The van der Waals surface area contributed by atoms with Gasteiger partial charge < -0.3 is 20.3 Å². The highest BCUT2D eigenvalue weighted by Gasteiger charge is 2.34. The average molecular weight is 491 g/mol. The van der Waals surface area contributed by atoms with E-state index in [4.69, 9.17) is 0 Å². The number of aliphatic hydroxyl groups is 1. The largest absolute Gasteiger partial charge is 0.390 e. The average Bonchev–Trinajstić information content (AvgIpc) is 3.53. The summed E-state index contributed by atoms with van der Waals surface area (Å²) in [4.78, 5) is 31.5. The zero-order valence-electron chi connectivity index (χ0n) is 19.9. The van der Waals surface area contributed by atoms with Gasteiger partial charge in [-0.1, -0.05) is 0 Å². The molecule has 1 aliphatic heterocycles. The number of aromatic amines is 1. The number of aromatic nitrogens is 6. The zero-order valence-corrected chi connectivity index (χ0v) is 19.9. The Kier molecular flexibility index (Phi) is 5.44. The van der Waals surface area contributed by atoms with Gasteiger partial charge >= 0.3 is 0 Å². The van der Waals surface area contributed by atoms with E-state index >= 15 is 0 Å². The smallest absolute Gasteiger partial charge is 0.271 e. The van der Waals surface area contributed by atoms with E-state index in [1.165, 1.54) is 16.8 Å². The highest BCUT2D eigenvalue weighted by Crippen LogP contribution is 2.36. The number of imidazole rings is 1. The molecule has 0 spiro atoms. The van der Waals surface area contributed by atoms with Crippen LogP contribution in [-0.2, 0) is 6.42 Å². The van der Waals surface area contributed by atoms with Gasteiger partial charge in [-0.2, -0.15) is 5.10 Å².